The van der Waals surface area contributed by atoms with E-state index in [2.05, 4.69) is 24.0 Å². The second kappa shape index (κ2) is 7.54. The van der Waals surface area contributed by atoms with Crippen molar-refractivity contribution in [2.24, 2.45) is 17.6 Å². The average Bonchev–Trinajstić information content (AvgIpc) is 2.94. The van der Waals surface area contributed by atoms with Gasteiger partial charge in [-0.05, 0) is 18.4 Å². The van der Waals surface area contributed by atoms with E-state index in [4.69, 9.17) is 10.5 Å². The molecule has 0 bridgehead atoms. The summed E-state index contributed by atoms with van der Waals surface area (Å²) in [6.45, 7) is 7.22. The Morgan fingerprint density at radius 3 is 2.60 bits per heavy atom. The molecule has 25 heavy (non-hydrogen) atoms. The number of nitrogens with zero attached hydrogens (tertiary/aromatic N) is 2. The third-order valence-electron chi connectivity index (χ3n) is 5.32. The summed E-state index contributed by atoms with van der Waals surface area (Å²) >= 11 is 0. The van der Waals surface area contributed by atoms with E-state index in [1.54, 1.807) is 11.8 Å². The van der Waals surface area contributed by atoms with E-state index < -0.39 is 11.9 Å². The zero-order valence-corrected chi connectivity index (χ0v) is 14.9. The Hall–Kier alpha value is -1.92. The molecule has 136 valence electrons. The van der Waals surface area contributed by atoms with Gasteiger partial charge < -0.3 is 15.4 Å². The molecule has 2 fully saturated rings. The molecule has 3 rings (SSSR count). The van der Waals surface area contributed by atoms with E-state index in [1.165, 1.54) is 5.56 Å². The predicted molar refractivity (Wildman–Crippen MR) is 94.5 cm³/mol. The van der Waals surface area contributed by atoms with Gasteiger partial charge in [0.25, 0.3) is 0 Å². The molecule has 4 atom stereocenters. The fourth-order valence-corrected chi connectivity index (χ4v) is 4.03. The van der Waals surface area contributed by atoms with E-state index >= 15 is 0 Å². The SMILES string of the molecule is C[C@@H]1CN(Cc2ccccc2)C[C@H]1C(=O)N1CCO[C@H](C)[C@H]1C(N)=O. The van der Waals surface area contributed by atoms with Crippen molar-refractivity contribution in [3.8, 4) is 0 Å². The Balaban J connectivity index is 1.68. The van der Waals surface area contributed by atoms with Crippen molar-refractivity contribution in [3.05, 3.63) is 35.9 Å². The van der Waals surface area contributed by atoms with Crippen LogP contribution in [-0.4, -0.2) is 60.0 Å². The Kier molecular flexibility index (Phi) is 5.39. The number of morpholine rings is 1. The highest BCUT2D eigenvalue weighted by atomic mass is 16.5. The van der Waals surface area contributed by atoms with Gasteiger partial charge in [0, 0.05) is 26.2 Å². The maximum Gasteiger partial charge on any atom is 0.242 e. The molecule has 0 saturated carbocycles. The Labute approximate surface area is 148 Å². The van der Waals surface area contributed by atoms with Gasteiger partial charge in [-0.25, -0.2) is 0 Å². The van der Waals surface area contributed by atoms with Crippen molar-refractivity contribution in [1.29, 1.82) is 0 Å². The first-order chi connectivity index (χ1) is 12.0. The molecule has 0 aliphatic carbocycles. The molecule has 2 aliphatic rings. The Morgan fingerprint density at radius 1 is 1.20 bits per heavy atom. The van der Waals surface area contributed by atoms with Crippen LogP contribution in [0.1, 0.15) is 19.4 Å². The number of carbonyl (C=O) groups excluding carboxylic acids is 2. The molecular formula is C19H27N3O3. The molecule has 0 spiro atoms. The number of rotatable bonds is 4. The second-order valence-corrected chi connectivity index (χ2v) is 7.22. The summed E-state index contributed by atoms with van der Waals surface area (Å²) in [7, 11) is 0. The molecule has 6 nitrogen and oxygen atoms in total. The topological polar surface area (TPSA) is 75.9 Å². The van der Waals surface area contributed by atoms with Crippen molar-refractivity contribution in [1.82, 2.24) is 9.80 Å². The number of carbonyl (C=O) groups is 2. The third kappa shape index (κ3) is 3.85. The zero-order valence-electron chi connectivity index (χ0n) is 14.9. The molecule has 2 N–H and O–H groups in total. The number of hydrogen-bond acceptors (Lipinski definition) is 4. The lowest BCUT2D eigenvalue weighted by atomic mass is 9.95. The monoisotopic (exact) mass is 345 g/mol. The van der Waals surface area contributed by atoms with E-state index in [0.717, 1.165) is 13.1 Å². The molecule has 2 heterocycles. The van der Waals surface area contributed by atoms with Crippen LogP contribution in [0.25, 0.3) is 0 Å². The molecule has 0 aromatic heterocycles. The number of primary amides is 1. The van der Waals surface area contributed by atoms with Gasteiger partial charge in [-0.3, -0.25) is 14.5 Å². The maximum absolute atomic E-state index is 13.1. The Bertz CT molecular complexity index is 622. The van der Waals surface area contributed by atoms with Gasteiger partial charge in [0.15, 0.2) is 0 Å². The van der Waals surface area contributed by atoms with Crippen LogP contribution in [0.5, 0.6) is 0 Å². The molecule has 1 aromatic carbocycles. The first-order valence-corrected chi connectivity index (χ1v) is 8.95. The molecular weight excluding hydrogens is 318 g/mol. The normalized spacial score (nSPS) is 30.4. The number of ether oxygens (including phenoxy) is 1. The molecule has 2 amide bonds. The van der Waals surface area contributed by atoms with Gasteiger partial charge in [0.2, 0.25) is 11.8 Å². The number of nitrogens with two attached hydrogens (primary N) is 1. The molecule has 2 saturated heterocycles. The van der Waals surface area contributed by atoms with E-state index in [9.17, 15) is 9.59 Å². The lowest BCUT2D eigenvalue weighted by molar-refractivity contribution is -0.156. The van der Waals surface area contributed by atoms with Crippen LogP contribution in [0.2, 0.25) is 0 Å². The van der Waals surface area contributed by atoms with Gasteiger partial charge >= 0.3 is 0 Å². The van der Waals surface area contributed by atoms with Crippen molar-refractivity contribution in [2.75, 3.05) is 26.2 Å². The predicted octanol–water partition coefficient (Wildman–Crippen LogP) is 0.856. The van der Waals surface area contributed by atoms with Crippen LogP contribution in [0.15, 0.2) is 30.3 Å². The second-order valence-electron chi connectivity index (χ2n) is 7.22. The highest BCUT2D eigenvalue weighted by molar-refractivity contribution is 5.88. The minimum absolute atomic E-state index is 0.0296. The van der Waals surface area contributed by atoms with Crippen LogP contribution in [0.4, 0.5) is 0 Å². The summed E-state index contributed by atoms with van der Waals surface area (Å²) < 4.78 is 5.52. The summed E-state index contributed by atoms with van der Waals surface area (Å²) in [5.74, 6) is -0.312. The van der Waals surface area contributed by atoms with Crippen molar-refractivity contribution < 1.29 is 14.3 Å². The summed E-state index contributed by atoms with van der Waals surface area (Å²) in [5.41, 5.74) is 6.77. The number of likely N-dealkylation sites (tertiary alicyclic amines) is 1. The lowest BCUT2D eigenvalue weighted by Gasteiger charge is -2.39. The standard InChI is InChI=1S/C19H27N3O3/c1-13-10-21(11-15-6-4-3-5-7-15)12-16(13)19(24)22-8-9-25-14(2)17(22)18(20)23/h3-7,13-14,16-17H,8-12H2,1-2H3,(H2,20,23)/t13-,14-,16-,17+/m1/s1. The van der Waals surface area contributed by atoms with E-state index in [0.29, 0.717) is 19.7 Å². The first kappa shape index (κ1) is 17.9. The molecule has 1 aromatic rings. The fourth-order valence-electron chi connectivity index (χ4n) is 4.03. The first-order valence-electron chi connectivity index (χ1n) is 8.95. The van der Waals surface area contributed by atoms with E-state index in [1.807, 2.05) is 18.2 Å². The number of amides is 2. The van der Waals surface area contributed by atoms with Crippen LogP contribution in [0.3, 0.4) is 0 Å². The number of hydrogen-bond donors (Lipinski definition) is 1. The van der Waals surface area contributed by atoms with E-state index in [-0.39, 0.29) is 23.8 Å². The summed E-state index contributed by atoms with van der Waals surface area (Å²) in [6, 6.07) is 9.61. The quantitative estimate of drug-likeness (QED) is 0.878. The van der Waals surface area contributed by atoms with Gasteiger partial charge in [-0.1, -0.05) is 37.3 Å². The Morgan fingerprint density at radius 2 is 1.92 bits per heavy atom. The lowest BCUT2D eigenvalue weighted by Crippen LogP contribution is -2.60. The minimum atomic E-state index is -0.670. The van der Waals surface area contributed by atoms with Gasteiger partial charge in [-0.15, -0.1) is 0 Å². The molecule has 0 radical (unpaired) electrons. The zero-order chi connectivity index (χ0) is 18.0. The highest BCUT2D eigenvalue weighted by Crippen LogP contribution is 2.28. The van der Waals surface area contributed by atoms with Crippen LogP contribution in [-0.2, 0) is 20.9 Å². The highest BCUT2D eigenvalue weighted by Gasteiger charge is 2.43. The van der Waals surface area contributed by atoms with Crippen molar-refractivity contribution >= 4 is 11.8 Å². The van der Waals surface area contributed by atoms with Gasteiger partial charge in [-0.2, -0.15) is 0 Å². The van der Waals surface area contributed by atoms with Crippen molar-refractivity contribution in [3.63, 3.8) is 0 Å². The smallest absolute Gasteiger partial charge is 0.242 e. The summed E-state index contributed by atoms with van der Waals surface area (Å²) in [5, 5.41) is 0. The van der Waals surface area contributed by atoms with Gasteiger partial charge in [0.1, 0.15) is 6.04 Å². The fraction of sp³-hybridized carbons (Fsp3) is 0.579. The molecule has 6 heteroatoms. The van der Waals surface area contributed by atoms with Crippen LogP contribution < -0.4 is 5.73 Å². The average molecular weight is 345 g/mol. The number of benzene rings is 1. The largest absolute Gasteiger partial charge is 0.374 e. The van der Waals surface area contributed by atoms with Crippen molar-refractivity contribution in [2.45, 2.75) is 32.5 Å². The molecule has 2 aliphatic heterocycles. The van der Waals surface area contributed by atoms with Gasteiger partial charge in [0.05, 0.1) is 18.6 Å². The van der Waals surface area contributed by atoms with Crippen LogP contribution >= 0.6 is 0 Å². The third-order valence-corrected chi connectivity index (χ3v) is 5.32. The van der Waals surface area contributed by atoms with Crippen LogP contribution in [0, 0.1) is 11.8 Å². The minimum Gasteiger partial charge on any atom is -0.374 e. The summed E-state index contributed by atoms with van der Waals surface area (Å²) in [4.78, 5) is 28.9. The maximum atomic E-state index is 13.1. The molecule has 0 unspecified atom stereocenters. The summed E-state index contributed by atoms with van der Waals surface area (Å²) in [6.07, 6.45) is -0.354.